The second-order valence-electron chi connectivity index (χ2n) is 7.68. The first-order chi connectivity index (χ1) is 14.6. The van der Waals surface area contributed by atoms with E-state index in [1.54, 1.807) is 7.11 Å². The van der Waals surface area contributed by atoms with Crippen LogP contribution in [0, 0.1) is 0 Å². The highest BCUT2D eigenvalue weighted by Crippen LogP contribution is 2.38. The van der Waals surface area contributed by atoms with E-state index in [0.717, 1.165) is 5.56 Å². The molecule has 3 rings (SSSR count). The second-order valence-corrected chi connectivity index (χ2v) is 7.68. The van der Waals surface area contributed by atoms with Gasteiger partial charge in [-0.2, -0.15) is 0 Å². The minimum atomic E-state index is -0.635. The maximum Gasteiger partial charge on any atom is 0.186 e. The van der Waals surface area contributed by atoms with Crippen molar-refractivity contribution in [2.45, 2.75) is 50.8 Å². The van der Waals surface area contributed by atoms with E-state index in [2.05, 4.69) is 0 Å². The Morgan fingerprint density at radius 1 is 0.800 bits per heavy atom. The molecule has 2 heterocycles. The minimum absolute atomic E-state index is 0.191. The first kappa shape index (κ1) is 23.6. The summed E-state index contributed by atoms with van der Waals surface area (Å²) >= 11 is 0. The Morgan fingerprint density at radius 3 is 2.07 bits per heavy atom. The van der Waals surface area contributed by atoms with Crippen LogP contribution in [0.2, 0.25) is 0 Å². The van der Waals surface area contributed by atoms with Gasteiger partial charge in [0.25, 0.3) is 0 Å². The predicted octanol–water partition coefficient (Wildman–Crippen LogP) is 2.14. The van der Waals surface area contributed by atoms with Gasteiger partial charge < -0.3 is 37.9 Å². The molecule has 0 spiro atoms. The molecular weight excluding hydrogens is 392 g/mol. The predicted molar refractivity (Wildman–Crippen MR) is 108 cm³/mol. The molecule has 1 aromatic carbocycles. The van der Waals surface area contributed by atoms with Gasteiger partial charge in [-0.3, -0.25) is 0 Å². The molecule has 0 radical (unpaired) electrons. The van der Waals surface area contributed by atoms with Crippen LogP contribution in [0.5, 0.6) is 0 Å². The zero-order chi connectivity index (χ0) is 21.2. The van der Waals surface area contributed by atoms with Gasteiger partial charge in [0.1, 0.15) is 18.3 Å². The first-order valence-electron chi connectivity index (χ1n) is 10.5. The van der Waals surface area contributed by atoms with Crippen molar-refractivity contribution in [2.75, 3.05) is 53.4 Å². The third kappa shape index (κ3) is 7.25. The molecule has 2 aliphatic rings. The van der Waals surface area contributed by atoms with Gasteiger partial charge in [0.15, 0.2) is 12.1 Å². The van der Waals surface area contributed by atoms with E-state index in [4.69, 9.17) is 37.9 Å². The van der Waals surface area contributed by atoms with Crippen LogP contribution < -0.4 is 0 Å². The van der Waals surface area contributed by atoms with Crippen LogP contribution in [0.25, 0.3) is 0 Å². The molecule has 0 amide bonds. The van der Waals surface area contributed by atoms with Crippen molar-refractivity contribution in [1.29, 1.82) is 0 Å². The van der Waals surface area contributed by atoms with E-state index in [9.17, 15) is 0 Å². The normalized spacial score (nSPS) is 27.4. The number of fused-ring (bicyclic) bond motifs is 1. The van der Waals surface area contributed by atoms with Gasteiger partial charge in [-0.25, -0.2) is 0 Å². The lowest BCUT2D eigenvalue weighted by Gasteiger charge is -2.23. The molecule has 4 atom stereocenters. The highest BCUT2D eigenvalue weighted by atomic mass is 16.8. The third-order valence-electron chi connectivity index (χ3n) is 4.85. The summed E-state index contributed by atoms with van der Waals surface area (Å²) in [6.45, 7) is 7.90. The Labute approximate surface area is 178 Å². The highest BCUT2D eigenvalue weighted by molar-refractivity contribution is 5.13. The maximum atomic E-state index is 5.93. The van der Waals surface area contributed by atoms with Gasteiger partial charge >= 0.3 is 0 Å². The molecule has 1 aromatic rings. The van der Waals surface area contributed by atoms with Gasteiger partial charge in [0.05, 0.1) is 52.9 Å². The number of rotatable bonds is 14. The lowest BCUT2D eigenvalue weighted by atomic mass is 10.1. The summed E-state index contributed by atoms with van der Waals surface area (Å²) in [5, 5.41) is 0. The van der Waals surface area contributed by atoms with Gasteiger partial charge in [0, 0.05) is 7.11 Å². The fourth-order valence-corrected chi connectivity index (χ4v) is 3.49. The van der Waals surface area contributed by atoms with Crippen molar-refractivity contribution in [1.82, 2.24) is 0 Å². The SMILES string of the molecule is COC1O[C@H](COCCOCCOCCOCc2ccccc2)[C@H]2OC(C)(C)O[C@@H]12. The number of benzene rings is 1. The zero-order valence-corrected chi connectivity index (χ0v) is 18.1. The fraction of sp³-hybridized carbons (Fsp3) is 0.727. The summed E-state index contributed by atoms with van der Waals surface area (Å²) in [6.07, 6.45) is -1.08. The van der Waals surface area contributed by atoms with Crippen LogP contribution in [-0.2, 0) is 44.5 Å². The average Bonchev–Trinajstić information content (AvgIpc) is 3.22. The Bertz CT molecular complexity index is 596. The second kappa shape index (κ2) is 12.1. The summed E-state index contributed by atoms with van der Waals surface area (Å²) in [5.74, 6) is -0.635. The average molecular weight is 427 g/mol. The molecule has 0 bridgehead atoms. The summed E-state index contributed by atoms with van der Waals surface area (Å²) in [6, 6.07) is 10.1. The van der Waals surface area contributed by atoms with Crippen molar-refractivity contribution in [3.63, 3.8) is 0 Å². The molecule has 2 fully saturated rings. The van der Waals surface area contributed by atoms with Gasteiger partial charge in [-0.15, -0.1) is 0 Å². The fourth-order valence-electron chi connectivity index (χ4n) is 3.49. The molecule has 170 valence electrons. The molecule has 0 saturated carbocycles. The number of methoxy groups -OCH3 is 1. The van der Waals surface area contributed by atoms with Crippen molar-refractivity contribution in [3.8, 4) is 0 Å². The molecule has 0 aliphatic carbocycles. The Kier molecular flexibility index (Phi) is 9.48. The maximum absolute atomic E-state index is 5.93. The van der Waals surface area contributed by atoms with Crippen LogP contribution in [-0.4, -0.2) is 83.7 Å². The lowest BCUT2D eigenvalue weighted by molar-refractivity contribution is -0.232. The van der Waals surface area contributed by atoms with Crippen LogP contribution in [0.15, 0.2) is 30.3 Å². The Balaban J connectivity index is 1.14. The monoisotopic (exact) mass is 426 g/mol. The van der Waals surface area contributed by atoms with Gasteiger partial charge in [-0.1, -0.05) is 30.3 Å². The molecule has 2 aliphatic heterocycles. The number of ether oxygens (including phenoxy) is 8. The van der Waals surface area contributed by atoms with Crippen LogP contribution in [0.1, 0.15) is 19.4 Å². The number of hydrogen-bond acceptors (Lipinski definition) is 8. The van der Waals surface area contributed by atoms with Crippen molar-refractivity contribution >= 4 is 0 Å². The van der Waals surface area contributed by atoms with Crippen molar-refractivity contribution in [2.24, 2.45) is 0 Å². The van der Waals surface area contributed by atoms with Crippen LogP contribution in [0.3, 0.4) is 0 Å². The summed E-state index contributed by atoms with van der Waals surface area (Å²) in [4.78, 5) is 0. The summed E-state index contributed by atoms with van der Waals surface area (Å²) in [5.41, 5.74) is 1.16. The highest BCUT2D eigenvalue weighted by Gasteiger charge is 2.55. The van der Waals surface area contributed by atoms with E-state index in [-0.39, 0.29) is 18.3 Å². The topological polar surface area (TPSA) is 73.8 Å². The zero-order valence-electron chi connectivity index (χ0n) is 18.1. The smallest absolute Gasteiger partial charge is 0.186 e. The molecule has 8 heteroatoms. The van der Waals surface area contributed by atoms with E-state index >= 15 is 0 Å². The first-order valence-corrected chi connectivity index (χ1v) is 10.5. The Hall–Kier alpha value is -1.10. The molecule has 0 aromatic heterocycles. The molecule has 1 unspecified atom stereocenters. The largest absolute Gasteiger partial charge is 0.377 e. The van der Waals surface area contributed by atoms with Gasteiger partial charge in [-0.05, 0) is 19.4 Å². The van der Waals surface area contributed by atoms with Crippen molar-refractivity contribution in [3.05, 3.63) is 35.9 Å². The molecule has 30 heavy (non-hydrogen) atoms. The summed E-state index contributed by atoms with van der Waals surface area (Å²) in [7, 11) is 1.60. The lowest BCUT2D eigenvalue weighted by Crippen LogP contribution is -2.33. The quantitative estimate of drug-likeness (QED) is 0.419. The van der Waals surface area contributed by atoms with Crippen LogP contribution >= 0.6 is 0 Å². The summed E-state index contributed by atoms with van der Waals surface area (Å²) < 4.78 is 45.2. The van der Waals surface area contributed by atoms with Crippen molar-refractivity contribution < 1.29 is 37.9 Å². The molecule has 0 N–H and O–H groups in total. The van der Waals surface area contributed by atoms with Crippen LogP contribution in [0.4, 0.5) is 0 Å². The standard InChI is InChI=1S/C22H34O8/c1-22(2)29-19-18(28-21(23-3)20(19)30-22)16-27-14-12-25-10-9-24-11-13-26-15-17-7-5-4-6-8-17/h4-8,18-21H,9-16H2,1-3H3/t18-,19-,20-,21?/m1/s1. The Morgan fingerprint density at radius 2 is 1.40 bits per heavy atom. The molecule has 8 nitrogen and oxygen atoms in total. The molecular formula is C22H34O8. The third-order valence-corrected chi connectivity index (χ3v) is 4.85. The minimum Gasteiger partial charge on any atom is -0.377 e. The number of hydrogen-bond donors (Lipinski definition) is 0. The molecule has 2 saturated heterocycles. The van der Waals surface area contributed by atoms with E-state index in [1.165, 1.54) is 0 Å². The van der Waals surface area contributed by atoms with E-state index in [0.29, 0.717) is 52.9 Å². The van der Waals surface area contributed by atoms with E-state index in [1.807, 2.05) is 44.2 Å². The van der Waals surface area contributed by atoms with Gasteiger partial charge in [0.2, 0.25) is 0 Å². The van der Waals surface area contributed by atoms with E-state index < -0.39 is 12.1 Å².